The second kappa shape index (κ2) is 7.29. The van der Waals surface area contributed by atoms with Crippen molar-refractivity contribution in [2.75, 3.05) is 42.5 Å². The third-order valence-electron chi connectivity index (χ3n) is 5.54. The zero-order valence-corrected chi connectivity index (χ0v) is 15.9. The molecule has 2 aromatic carbocycles. The number of halogens is 1. The number of piperazine rings is 1. The van der Waals surface area contributed by atoms with E-state index in [1.165, 1.54) is 10.5 Å². The second-order valence-corrected chi connectivity index (χ2v) is 7.72. The lowest BCUT2D eigenvalue weighted by Gasteiger charge is -2.34. The molecule has 0 aromatic heterocycles. The molecule has 1 amide bonds. The lowest BCUT2D eigenvalue weighted by atomic mass is 10.1. The molecule has 0 spiro atoms. The molecule has 2 aliphatic rings. The zero-order chi connectivity index (χ0) is 18.1. The van der Waals surface area contributed by atoms with Crippen molar-refractivity contribution in [2.45, 2.75) is 19.4 Å². The third kappa shape index (κ3) is 3.31. The topological polar surface area (TPSA) is 28.0 Å². The first-order valence-electron chi connectivity index (χ1n) is 9.36. The van der Waals surface area contributed by atoms with Crippen LogP contribution in [-0.2, 0) is 11.2 Å². The van der Waals surface area contributed by atoms with Crippen molar-refractivity contribution in [3.63, 3.8) is 0 Å². The molecule has 136 valence electrons. The number of hydrogen-bond donors (Lipinski definition) is 1. The maximum atomic E-state index is 13.0. The van der Waals surface area contributed by atoms with Crippen LogP contribution in [0.5, 0.6) is 0 Å². The SMILES string of the molecule is C[C@@H]1Cc2ccccc2N1C(=O)C[NH+]1CCN(c2ccccc2Cl)CC1. The fourth-order valence-corrected chi connectivity index (χ4v) is 4.45. The molecule has 0 aliphatic carbocycles. The van der Waals surface area contributed by atoms with Crippen molar-refractivity contribution >= 4 is 28.9 Å². The van der Waals surface area contributed by atoms with Crippen LogP contribution in [0.1, 0.15) is 12.5 Å². The minimum absolute atomic E-state index is 0.239. The summed E-state index contributed by atoms with van der Waals surface area (Å²) in [4.78, 5) is 18.6. The van der Waals surface area contributed by atoms with E-state index in [-0.39, 0.29) is 11.9 Å². The van der Waals surface area contributed by atoms with E-state index in [0.29, 0.717) is 6.54 Å². The first-order chi connectivity index (χ1) is 12.6. The van der Waals surface area contributed by atoms with E-state index < -0.39 is 0 Å². The number of carbonyl (C=O) groups excluding carboxylic acids is 1. The van der Waals surface area contributed by atoms with Gasteiger partial charge >= 0.3 is 0 Å². The van der Waals surface area contributed by atoms with E-state index in [9.17, 15) is 4.79 Å². The fraction of sp³-hybridized carbons (Fsp3) is 0.381. The predicted octanol–water partition coefficient (Wildman–Crippen LogP) is 2.02. The summed E-state index contributed by atoms with van der Waals surface area (Å²) < 4.78 is 0. The number of benzene rings is 2. The summed E-state index contributed by atoms with van der Waals surface area (Å²) in [5.41, 5.74) is 3.48. The third-order valence-corrected chi connectivity index (χ3v) is 5.86. The normalized spacial score (nSPS) is 20.3. The highest BCUT2D eigenvalue weighted by atomic mass is 35.5. The monoisotopic (exact) mass is 370 g/mol. The van der Waals surface area contributed by atoms with Gasteiger partial charge in [-0.1, -0.05) is 41.9 Å². The average Bonchev–Trinajstić information content (AvgIpc) is 2.99. The summed E-state index contributed by atoms with van der Waals surface area (Å²) in [7, 11) is 0. The van der Waals surface area contributed by atoms with Crippen molar-refractivity contribution in [1.29, 1.82) is 0 Å². The number of rotatable bonds is 3. The smallest absolute Gasteiger partial charge is 0.282 e. The summed E-state index contributed by atoms with van der Waals surface area (Å²) in [6.07, 6.45) is 0.956. The van der Waals surface area contributed by atoms with E-state index in [2.05, 4.69) is 36.1 Å². The van der Waals surface area contributed by atoms with Crippen molar-refractivity contribution < 1.29 is 9.69 Å². The van der Waals surface area contributed by atoms with Crippen LogP contribution in [0, 0.1) is 0 Å². The van der Waals surface area contributed by atoms with E-state index in [1.54, 1.807) is 0 Å². The molecule has 2 aliphatic heterocycles. The molecule has 2 aromatic rings. The van der Waals surface area contributed by atoms with Crippen LogP contribution in [0.2, 0.25) is 5.02 Å². The second-order valence-electron chi connectivity index (χ2n) is 7.31. The van der Waals surface area contributed by atoms with Gasteiger partial charge in [0.05, 0.1) is 36.9 Å². The molecule has 0 bridgehead atoms. The van der Waals surface area contributed by atoms with Crippen LogP contribution in [0.25, 0.3) is 0 Å². The van der Waals surface area contributed by atoms with Gasteiger partial charge in [-0.2, -0.15) is 0 Å². The Bertz CT molecular complexity index is 801. The number of anilines is 2. The number of quaternary nitrogens is 1. The Morgan fingerprint density at radius 3 is 2.46 bits per heavy atom. The maximum absolute atomic E-state index is 13.0. The summed E-state index contributed by atoms with van der Waals surface area (Å²) in [5.74, 6) is 0.239. The number of hydrogen-bond acceptors (Lipinski definition) is 2. The van der Waals surface area contributed by atoms with Crippen LogP contribution in [0.4, 0.5) is 11.4 Å². The summed E-state index contributed by atoms with van der Waals surface area (Å²) in [6.45, 7) is 6.48. The molecule has 2 heterocycles. The Morgan fingerprint density at radius 2 is 1.73 bits per heavy atom. The predicted molar refractivity (Wildman–Crippen MR) is 106 cm³/mol. The van der Waals surface area contributed by atoms with Gasteiger partial charge in [-0.15, -0.1) is 0 Å². The van der Waals surface area contributed by atoms with E-state index in [1.807, 2.05) is 29.2 Å². The summed E-state index contributed by atoms with van der Waals surface area (Å²) >= 11 is 6.32. The van der Waals surface area contributed by atoms with Gasteiger partial charge in [0.1, 0.15) is 0 Å². The quantitative estimate of drug-likeness (QED) is 0.895. The van der Waals surface area contributed by atoms with Gasteiger partial charge in [0, 0.05) is 11.7 Å². The Kier molecular flexibility index (Phi) is 4.88. The number of nitrogens with one attached hydrogen (secondary N) is 1. The van der Waals surface area contributed by atoms with E-state index in [4.69, 9.17) is 11.6 Å². The van der Waals surface area contributed by atoms with Crippen molar-refractivity contribution in [3.05, 3.63) is 59.1 Å². The van der Waals surface area contributed by atoms with Crippen LogP contribution in [0.15, 0.2) is 48.5 Å². The molecule has 26 heavy (non-hydrogen) atoms. The Balaban J connectivity index is 1.38. The van der Waals surface area contributed by atoms with Gasteiger partial charge in [-0.25, -0.2) is 0 Å². The summed E-state index contributed by atoms with van der Waals surface area (Å²) in [6, 6.07) is 16.5. The molecule has 0 saturated carbocycles. The number of fused-ring (bicyclic) bond motifs is 1. The Hall–Kier alpha value is -2.04. The largest absolute Gasteiger partial charge is 0.359 e. The van der Waals surface area contributed by atoms with Crippen LogP contribution in [-0.4, -0.2) is 44.7 Å². The van der Waals surface area contributed by atoms with Gasteiger partial charge < -0.3 is 14.7 Å². The van der Waals surface area contributed by atoms with Crippen LogP contribution < -0.4 is 14.7 Å². The number of nitrogens with zero attached hydrogens (tertiary/aromatic N) is 2. The summed E-state index contributed by atoms with van der Waals surface area (Å²) in [5, 5.41) is 0.800. The lowest BCUT2D eigenvalue weighted by molar-refractivity contribution is -0.892. The van der Waals surface area contributed by atoms with Gasteiger partial charge in [-0.05, 0) is 37.1 Å². The average molecular weight is 371 g/mol. The van der Waals surface area contributed by atoms with Crippen molar-refractivity contribution in [2.24, 2.45) is 0 Å². The van der Waals surface area contributed by atoms with Gasteiger partial charge in [0.25, 0.3) is 5.91 Å². The first kappa shape index (κ1) is 17.4. The molecule has 0 unspecified atom stereocenters. The molecule has 5 heteroatoms. The minimum Gasteiger partial charge on any atom is -0.359 e. The number of para-hydroxylation sites is 2. The number of amides is 1. The van der Waals surface area contributed by atoms with Gasteiger partial charge in [0.15, 0.2) is 6.54 Å². The molecule has 1 fully saturated rings. The molecule has 1 N–H and O–H groups in total. The molecular weight excluding hydrogens is 346 g/mol. The molecule has 0 radical (unpaired) electrons. The Labute approximate surface area is 160 Å². The zero-order valence-electron chi connectivity index (χ0n) is 15.1. The Morgan fingerprint density at radius 1 is 1.08 bits per heavy atom. The molecule has 4 nitrogen and oxygen atoms in total. The lowest BCUT2D eigenvalue weighted by Crippen LogP contribution is -3.16. The van der Waals surface area contributed by atoms with Crippen LogP contribution >= 0.6 is 11.6 Å². The molecule has 1 saturated heterocycles. The molecule has 1 atom stereocenters. The molecular formula is C21H25ClN3O+. The molecule has 4 rings (SSSR count). The minimum atomic E-state index is 0.239. The standard InChI is InChI=1S/C21H24ClN3O/c1-16-14-17-6-2-4-8-19(17)25(16)21(26)15-23-10-12-24(13-11-23)20-9-5-3-7-18(20)22/h2-9,16H,10-15H2,1H3/p+1/t16-/m1/s1. The first-order valence-corrected chi connectivity index (χ1v) is 9.74. The van der Waals surface area contributed by atoms with E-state index >= 15 is 0 Å². The highest BCUT2D eigenvalue weighted by Crippen LogP contribution is 2.31. The van der Waals surface area contributed by atoms with Gasteiger partial charge in [0.2, 0.25) is 0 Å². The van der Waals surface area contributed by atoms with Gasteiger partial charge in [-0.3, -0.25) is 4.79 Å². The number of carbonyl (C=O) groups is 1. The highest BCUT2D eigenvalue weighted by molar-refractivity contribution is 6.33. The van der Waals surface area contributed by atoms with Crippen molar-refractivity contribution in [1.82, 2.24) is 0 Å². The van der Waals surface area contributed by atoms with Crippen molar-refractivity contribution in [3.8, 4) is 0 Å². The van der Waals surface area contributed by atoms with E-state index in [0.717, 1.165) is 49.0 Å². The highest BCUT2D eigenvalue weighted by Gasteiger charge is 2.33. The van der Waals surface area contributed by atoms with Crippen LogP contribution in [0.3, 0.4) is 0 Å². The fourth-order valence-electron chi connectivity index (χ4n) is 4.19. The maximum Gasteiger partial charge on any atom is 0.282 e.